The molecule has 0 fully saturated rings. The monoisotopic (exact) mass is 425 g/mol. The second kappa shape index (κ2) is 8.92. The normalized spacial score (nSPS) is 11.7. The van der Waals surface area contributed by atoms with Gasteiger partial charge in [-0.2, -0.15) is 0 Å². The number of nitrogens with zero attached hydrogens (tertiary/aromatic N) is 2. The second-order valence-corrected chi connectivity index (χ2v) is 7.17. The smallest absolute Gasteiger partial charge is 0.252 e. The summed E-state index contributed by atoms with van der Waals surface area (Å²) in [5.74, 6) is -0.542. The average molecular weight is 426 g/mol. The molecule has 1 atom stereocenters. The maximum Gasteiger partial charge on any atom is 0.252 e. The third-order valence-corrected chi connectivity index (χ3v) is 4.97. The molecule has 2 N–H and O–H groups in total. The van der Waals surface area contributed by atoms with E-state index in [0.29, 0.717) is 27.5 Å². The predicted molar refractivity (Wildman–Crippen MR) is 114 cm³/mol. The number of carbonyl (C=O) groups is 2. The van der Waals surface area contributed by atoms with Gasteiger partial charge in [-0.25, -0.2) is 0 Å². The van der Waals surface area contributed by atoms with E-state index in [2.05, 4.69) is 4.98 Å². The first-order valence-electron chi connectivity index (χ1n) is 9.11. The van der Waals surface area contributed by atoms with Gasteiger partial charge in [-0.1, -0.05) is 17.7 Å². The van der Waals surface area contributed by atoms with Crippen molar-refractivity contribution >= 4 is 23.3 Å². The van der Waals surface area contributed by atoms with Crippen molar-refractivity contribution in [3.63, 3.8) is 0 Å². The summed E-state index contributed by atoms with van der Waals surface area (Å²) < 4.78 is 6.70. The molecular weight excluding hydrogens is 406 g/mol. The number of hydrogen-bond acceptors (Lipinski definition) is 5. The highest BCUT2D eigenvalue weighted by molar-refractivity contribution is 6.31. The van der Waals surface area contributed by atoms with Gasteiger partial charge in [0.1, 0.15) is 11.8 Å². The van der Waals surface area contributed by atoms with Crippen LogP contribution in [0.3, 0.4) is 0 Å². The first-order valence-corrected chi connectivity index (χ1v) is 9.49. The van der Waals surface area contributed by atoms with Crippen LogP contribution in [0.25, 0.3) is 11.1 Å². The number of halogens is 1. The van der Waals surface area contributed by atoms with Crippen molar-refractivity contribution < 1.29 is 14.3 Å². The molecule has 1 unspecified atom stereocenters. The van der Waals surface area contributed by atoms with Gasteiger partial charge in [-0.3, -0.25) is 23.9 Å². The number of aromatic nitrogens is 2. The van der Waals surface area contributed by atoms with Crippen LogP contribution in [0.5, 0.6) is 5.75 Å². The Hall–Kier alpha value is -3.45. The van der Waals surface area contributed by atoms with E-state index in [1.807, 2.05) is 0 Å². The summed E-state index contributed by atoms with van der Waals surface area (Å²) in [7, 11) is 1.44. The number of methoxy groups -OCH3 is 1. The Morgan fingerprint density at radius 1 is 1.23 bits per heavy atom. The van der Waals surface area contributed by atoms with Crippen molar-refractivity contribution in [1.29, 1.82) is 0 Å². The van der Waals surface area contributed by atoms with E-state index in [4.69, 9.17) is 22.1 Å². The number of rotatable bonds is 7. The van der Waals surface area contributed by atoms with Crippen LogP contribution in [0.2, 0.25) is 5.02 Å². The topological polar surface area (TPSA) is 104 Å². The average Bonchev–Trinajstić information content (AvgIpc) is 2.72. The fourth-order valence-electron chi connectivity index (χ4n) is 3.27. The maximum atomic E-state index is 12.9. The minimum Gasteiger partial charge on any atom is -0.495 e. The fraction of sp³-hybridized carbons (Fsp3) is 0.182. The molecule has 1 amide bonds. The molecule has 30 heavy (non-hydrogen) atoms. The van der Waals surface area contributed by atoms with Crippen LogP contribution >= 0.6 is 11.6 Å². The summed E-state index contributed by atoms with van der Waals surface area (Å²) in [6.07, 6.45) is 4.85. The fourth-order valence-corrected chi connectivity index (χ4v) is 3.44. The molecule has 0 aliphatic rings. The number of primary amides is 1. The molecule has 0 aliphatic carbocycles. The maximum absolute atomic E-state index is 12.9. The molecular formula is C22H20ClN3O4. The van der Waals surface area contributed by atoms with Crippen LogP contribution in [0, 0.1) is 0 Å². The van der Waals surface area contributed by atoms with E-state index < -0.39 is 17.5 Å². The number of pyridine rings is 2. The first-order chi connectivity index (χ1) is 14.3. The molecule has 8 heteroatoms. The molecule has 0 radical (unpaired) electrons. The lowest BCUT2D eigenvalue weighted by molar-refractivity contribution is -0.121. The lowest BCUT2D eigenvalue weighted by Gasteiger charge is -2.20. The van der Waals surface area contributed by atoms with E-state index in [1.54, 1.807) is 42.7 Å². The van der Waals surface area contributed by atoms with Crippen molar-refractivity contribution in [1.82, 2.24) is 9.55 Å². The Balaban J connectivity index is 2.15. The SMILES string of the molecule is COc1cn(C(Cc2cccnc2)C(N)=O)c(=O)cc1-c1cc(Cl)ccc1C(C)=O. The number of nitrogens with two attached hydrogens (primary N) is 1. The largest absolute Gasteiger partial charge is 0.495 e. The molecule has 3 aromatic rings. The lowest BCUT2D eigenvalue weighted by atomic mass is 9.97. The van der Waals surface area contributed by atoms with E-state index >= 15 is 0 Å². The Morgan fingerprint density at radius 2 is 2.00 bits per heavy atom. The van der Waals surface area contributed by atoms with Gasteiger partial charge in [-0.15, -0.1) is 0 Å². The van der Waals surface area contributed by atoms with E-state index in [-0.39, 0.29) is 12.2 Å². The van der Waals surface area contributed by atoms with Gasteiger partial charge < -0.3 is 10.5 Å². The highest BCUT2D eigenvalue weighted by Gasteiger charge is 2.23. The lowest BCUT2D eigenvalue weighted by Crippen LogP contribution is -2.35. The summed E-state index contributed by atoms with van der Waals surface area (Å²) in [6.45, 7) is 1.43. The molecule has 0 aliphatic heterocycles. The molecule has 2 aromatic heterocycles. The molecule has 2 heterocycles. The zero-order valence-corrected chi connectivity index (χ0v) is 17.2. The summed E-state index contributed by atoms with van der Waals surface area (Å²) in [5.41, 5.74) is 7.15. The third kappa shape index (κ3) is 4.41. The van der Waals surface area contributed by atoms with Gasteiger partial charge in [-0.05, 0) is 42.3 Å². The standard InChI is InChI=1S/C22H20ClN3O4/c1-13(27)16-6-5-15(23)9-17(16)18-10-21(28)26(12-20(18)30-2)19(22(24)29)8-14-4-3-7-25-11-14/h3-7,9-12,19H,8H2,1-2H3,(H2,24,29). The van der Waals surface area contributed by atoms with Crippen LogP contribution in [-0.2, 0) is 11.2 Å². The molecule has 1 aromatic carbocycles. The van der Waals surface area contributed by atoms with Crippen LogP contribution in [0.4, 0.5) is 0 Å². The van der Waals surface area contributed by atoms with Crippen LogP contribution in [0.15, 0.2) is 59.8 Å². The summed E-state index contributed by atoms with van der Waals surface area (Å²) >= 11 is 6.12. The van der Waals surface area contributed by atoms with Crippen molar-refractivity contribution in [3.05, 3.63) is 81.5 Å². The first kappa shape index (κ1) is 21.3. The van der Waals surface area contributed by atoms with Gasteiger partial charge in [0.25, 0.3) is 5.56 Å². The van der Waals surface area contributed by atoms with Gasteiger partial charge in [0.2, 0.25) is 5.91 Å². The van der Waals surface area contributed by atoms with Gasteiger partial charge >= 0.3 is 0 Å². The summed E-state index contributed by atoms with van der Waals surface area (Å²) in [6, 6.07) is 8.72. The van der Waals surface area contributed by atoms with E-state index in [9.17, 15) is 14.4 Å². The van der Waals surface area contributed by atoms with Crippen molar-refractivity contribution in [2.24, 2.45) is 5.73 Å². The predicted octanol–water partition coefficient (Wildman–Crippen LogP) is 3.04. The molecule has 0 spiro atoms. The van der Waals surface area contributed by atoms with Gasteiger partial charge in [0, 0.05) is 41.0 Å². The van der Waals surface area contributed by atoms with Gasteiger partial charge in [0.15, 0.2) is 5.78 Å². The third-order valence-electron chi connectivity index (χ3n) is 4.73. The number of hydrogen-bond donors (Lipinski definition) is 1. The molecule has 0 saturated carbocycles. The molecule has 7 nitrogen and oxygen atoms in total. The number of benzene rings is 1. The quantitative estimate of drug-likeness (QED) is 0.586. The van der Waals surface area contributed by atoms with Crippen molar-refractivity contribution in [2.75, 3.05) is 7.11 Å². The minimum atomic E-state index is -0.934. The molecule has 3 rings (SSSR count). The van der Waals surface area contributed by atoms with Crippen LogP contribution in [-0.4, -0.2) is 28.4 Å². The second-order valence-electron chi connectivity index (χ2n) is 6.73. The van der Waals surface area contributed by atoms with Crippen molar-refractivity contribution in [2.45, 2.75) is 19.4 Å². The Morgan fingerprint density at radius 3 is 2.60 bits per heavy atom. The zero-order chi connectivity index (χ0) is 21.8. The molecule has 0 bridgehead atoms. The number of ketones is 1. The molecule has 0 saturated heterocycles. The Labute approximate surface area is 178 Å². The Kier molecular flexibility index (Phi) is 6.32. The van der Waals surface area contributed by atoms with Crippen molar-refractivity contribution in [3.8, 4) is 16.9 Å². The highest BCUT2D eigenvalue weighted by atomic mass is 35.5. The summed E-state index contributed by atoms with van der Waals surface area (Å²) in [5, 5.41) is 0.410. The van der Waals surface area contributed by atoms with Gasteiger partial charge in [0.05, 0.1) is 13.3 Å². The van der Waals surface area contributed by atoms with Crippen LogP contribution < -0.4 is 16.0 Å². The number of amides is 1. The highest BCUT2D eigenvalue weighted by Crippen LogP contribution is 2.34. The Bertz CT molecular complexity index is 1160. The van der Waals surface area contributed by atoms with Crippen LogP contribution in [0.1, 0.15) is 28.9 Å². The minimum absolute atomic E-state index is 0.181. The number of ether oxygens (including phenoxy) is 1. The summed E-state index contributed by atoms with van der Waals surface area (Å²) in [4.78, 5) is 41.2. The number of carbonyl (C=O) groups excluding carboxylic acids is 2. The molecule has 154 valence electrons. The zero-order valence-electron chi connectivity index (χ0n) is 16.5. The van der Waals surface area contributed by atoms with E-state index in [1.165, 1.54) is 30.9 Å². The van der Waals surface area contributed by atoms with E-state index in [0.717, 1.165) is 5.56 Å². The number of Topliss-reactive ketones (excluding diaryl/α,β-unsaturated/α-hetero) is 1.